The van der Waals surface area contributed by atoms with Gasteiger partial charge in [0.1, 0.15) is 0 Å². The molecule has 0 heterocycles. The van der Waals surface area contributed by atoms with Crippen LogP contribution in [0.4, 0.5) is 14.5 Å². The Morgan fingerprint density at radius 2 is 2.06 bits per heavy atom. The molecule has 1 aromatic rings. The lowest BCUT2D eigenvalue weighted by Gasteiger charge is -2.08. The summed E-state index contributed by atoms with van der Waals surface area (Å²) in [4.78, 5) is 0. The first-order chi connectivity index (χ1) is 7.95. The molecule has 0 saturated heterocycles. The number of hydrogen-bond acceptors (Lipinski definition) is 2. The van der Waals surface area contributed by atoms with Gasteiger partial charge in [-0.1, -0.05) is 12.1 Å². The van der Waals surface area contributed by atoms with Crippen molar-refractivity contribution in [1.29, 1.82) is 0 Å². The van der Waals surface area contributed by atoms with E-state index in [0.717, 1.165) is 12.0 Å². The number of benzene rings is 1. The van der Waals surface area contributed by atoms with Gasteiger partial charge >= 0.3 is 5.76 Å². The van der Waals surface area contributed by atoms with Crippen LogP contribution in [0.25, 0.3) is 0 Å². The summed E-state index contributed by atoms with van der Waals surface area (Å²) >= 11 is 5.53. The van der Waals surface area contributed by atoms with Crippen LogP contribution in [0.3, 0.4) is 0 Å². The lowest BCUT2D eigenvalue weighted by molar-refractivity contribution is 0.236. The van der Waals surface area contributed by atoms with Crippen LogP contribution in [0.1, 0.15) is 12.0 Å². The first-order valence-electron chi connectivity index (χ1n) is 4.90. The first kappa shape index (κ1) is 14.2. The average Bonchev–Trinajstić information content (AvgIpc) is 2.26. The summed E-state index contributed by atoms with van der Waals surface area (Å²) in [5.41, 5.74) is 0.984. The molecule has 0 fully saturated rings. The molecule has 0 unspecified atom stereocenters. The Bertz CT molecular complexity index is 465. The Kier molecular flexibility index (Phi) is 5.14. The quantitative estimate of drug-likeness (QED) is 0.816. The third kappa shape index (κ3) is 4.47. The topological polar surface area (TPSA) is 46.2 Å². The molecule has 1 aromatic carbocycles. The lowest BCUT2D eigenvalue weighted by Crippen LogP contribution is -2.20. The molecule has 0 spiro atoms. The van der Waals surface area contributed by atoms with Crippen molar-refractivity contribution in [2.24, 2.45) is 0 Å². The van der Waals surface area contributed by atoms with Crippen LogP contribution in [0.2, 0.25) is 0 Å². The molecule has 0 radical (unpaired) electrons. The Morgan fingerprint density at radius 1 is 1.35 bits per heavy atom. The summed E-state index contributed by atoms with van der Waals surface area (Å²) in [7, 11) is -4.60. The van der Waals surface area contributed by atoms with E-state index in [-0.39, 0.29) is 5.69 Å². The minimum absolute atomic E-state index is 0.136. The van der Waals surface area contributed by atoms with Gasteiger partial charge in [0, 0.05) is 11.6 Å². The standard InChI is InChI=1S/C10H12ClF2NO2S/c11-6-2-4-8-3-1-5-9(7-8)14-17(15,16)10(12)13/h1,3,5,7,10,14H,2,4,6H2. The number of rotatable bonds is 6. The molecule has 1 rings (SSSR count). The van der Waals surface area contributed by atoms with Crippen molar-refractivity contribution in [1.82, 2.24) is 0 Å². The van der Waals surface area contributed by atoms with Crippen LogP contribution in [-0.2, 0) is 16.4 Å². The Balaban J connectivity index is 2.79. The molecule has 1 N–H and O–H groups in total. The smallest absolute Gasteiger partial charge is 0.279 e. The highest BCUT2D eigenvalue weighted by molar-refractivity contribution is 7.93. The van der Waals surface area contributed by atoms with Crippen molar-refractivity contribution >= 4 is 27.3 Å². The number of halogens is 3. The second-order valence-electron chi connectivity index (χ2n) is 3.40. The van der Waals surface area contributed by atoms with Crippen LogP contribution in [0.5, 0.6) is 0 Å². The minimum Gasteiger partial charge on any atom is -0.279 e. The molecule has 0 aliphatic carbocycles. The van der Waals surface area contributed by atoms with E-state index in [4.69, 9.17) is 11.6 Å². The molecule has 0 bridgehead atoms. The number of hydrogen-bond donors (Lipinski definition) is 1. The van der Waals surface area contributed by atoms with Crippen LogP contribution in [-0.4, -0.2) is 20.1 Å². The van der Waals surface area contributed by atoms with E-state index < -0.39 is 15.8 Å². The molecule has 0 saturated carbocycles. The van der Waals surface area contributed by atoms with Gasteiger partial charge in [0.2, 0.25) is 0 Å². The summed E-state index contributed by atoms with van der Waals surface area (Å²) in [6.45, 7) is 0. The fraction of sp³-hybridized carbons (Fsp3) is 0.400. The van der Waals surface area contributed by atoms with Gasteiger partial charge in [0.05, 0.1) is 0 Å². The Morgan fingerprint density at radius 3 is 2.65 bits per heavy atom. The number of anilines is 1. The van der Waals surface area contributed by atoms with Crippen molar-refractivity contribution in [3.05, 3.63) is 29.8 Å². The summed E-state index contributed by atoms with van der Waals surface area (Å²) in [5, 5.41) is 0. The highest BCUT2D eigenvalue weighted by Crippen LogP contribution is 2.16. The largest absolute Gasteiger partial charge is 0.355 e. The monoisotopic (exact) mass is 283 g/mol. The molecular formula is C10H12ClF2NO2S. The molecule has 7 heteroatoms. The van der Waals surface area contributed by atoms with Crippen LogP contribution < -0.4 is 4.72 Å². The molecular weight excluding hydrogens is 272 g/mol. The van der Waals surface area contributed by atoms with Crippen LogP contribution in [0, 0.1) is 0 Å². The van der Waals surface area contributed by atoms with Crippen molar-refractivity contribution in [3.8, 4) is 0 Å². The molecule has 96 valence electrons. The molecule has 3 nitrogen and oxygen atoms in total. The van der Waals surface area contributed by atoms with Crippen LogP contribution >= 0.6 is 11.6 Å². The summed E-state index contributed by atoms with van der Waals surface area (Å²) in [6, 6.07) is 6.33. The van der Waals surface area contributed by atoms with E-state index in [2.05, 4.69) is 0 Å². The third-order valence-corrected chi connectivity index (χ3v) is 3.28. The molecule has 0 aromatic heterocycles. The van der Waals surface area contributed by atoms with Gasteiger partial charge in [0.15, 0.2) is 0 Å². The second kappa shape index (κ2) is 6.16. The summed E-state index contributed by atoms with van der Waals surface area (Å²) in [5.74, 6) is -2.94. The predicted octanol–water partition coefficient (Wildman–Crippen LogP) is 2.82. The zero-order valence-electron chi connectivity index (χ0n) is 8.87. The van der Waals surface area contributed by atoms with E-state index in [0.29, 0.717) is 12.3 Å². The predicted molar refractivity (Wildman–Crippen MR) is 64.0 cm³/mol. The highest BCUT2D eigenvalue weighted by Gasteiger charge is 2.23. The highest BCUT2D eigenvalue weighted by atomic mass is 35.5. The minimum atomic E-state index is -4.60. The van der Waals surface area contributed by atoms with Gasteiger partial charge in [-0.05, 0) is 30.5 Å². The van der Waals surface area contributed by atoms with E-state index >= 15 is 0 Å². The molecule has 0 atom stereocenters. The number of sulfonamides is 1. The van der Waals surface area contributed by atoms with Gasteiger partial charge in [-0.2, -0.15) is 8.78 Å². The second-order valence-corrected chi connectivity index (χ2v) is 5.43. The van der Waals surface area contributed by atoms with E-state index in [1.807, 2.05) is 4.72 Å². The fourth-order valence-electron chi connectivity index (χ4n) is 1.27. The number of nitrogens with one attached hydrogen (secondary N) is 1. The van der Waals surface area contributed by atoms with Gasteiger partial charge in [0.25, 0.3) is 10.0 Å². The van der Waals surface area contributed by atoms with Gasteiger partial charge in [-0.25, -0.2) is 8.42 Å². The van der Waals surface area contributed by atoms with E-state index in [1.165, 1.54) is 12.1 Å². The van der Waals surface area contributed by atoms with Gasteiger partial charge in [-0.3, -0.25) is 4.72 Å². The van der Waals surface area contributed by atoms with Gasteiger partial charge in [-0.15, -0.1) is 11.6 Å². The number of aryl methyl sites for hydroxylation is 1. The molecule has 0 aliphatic rings. The Labute approximate surface area is 104 Å². The van der Waals surface area contributed by atoms with Crippen molar-refractivity contribution in [2.75, 3.05) is 10.6 Å². The molecule has 17 heavy (non-hydrogen) atoms. The summed E-state index contributed by atoms with van der Waals surface area (Å²) in [6.07, 6.45) is 1.42. The first-order valence-corrected chi connectivity index (χ1v) is 6.98. The number of alkyl halides is 3. The molecule has 0 aliphatic heterocycles. The van der Waals surface area contributed by atoms with Crippen molar-refractivity contribution < 1.29 is 17.2 Å². The maximum absolute atomic E-state index is 12.1. The zero-order valence-corrected chi connectivity index (χ0v) is 10.4. The maximum Gasteiger partial charge on any atom is 0.355 e. The normalized spacial score (nSPS) is 11.8. The van der Waals surface area contributed by atoms with Crippen LogP contribution in [0.15, 0.2) is 24.3 Å². The maximum atomic E-state index is 12.1. The SMILES string of the molecule is O=S(=O)(Nc1cccc(CCCCl)c1)C(F)F. The lowest BCUT2D eigenvalue weighted by atomic mass is 10.1. The molecule has 0 amide bonds. The van der Waals surface area contributed by atoms with Gasteiger partial charge < -0.3 is 0 Å². The third-order valence-electron chi connectivity index (χ3n) is 2.02. The van der Waals surface area contributed by atoms with Crippen molar-refractivity contribution in [2.45, 2.75) is 18.6 Å². The zero-order chi connectivity index (χ0) is 12.9. The fourth-order valence-corrected chi connectivity index (χ4v) is 1.95. The average molecular weight is 284 g/mol. The van der Waals surface area contributed by atoms with E-state index in [1.54, 1.807) is 12.1 Å². The summed E-state index contributed by atoms with van der Waals surface area (Å²) < 4.78 is 48.0. The Hall–Kier alpha value is -0.880. The van der Waals surface area contributed by atoms with Crippen molar-refractivity contribution in [3.63, 3.8) is 0 Å². The van der Waals surface area contributed by atoms with E-state index in [9.17, 15) is 17.2 Å².